The smallest absolute Gasteiger partial charge is 0.319 e. The van der Waals surface area contributed by atoms with E-state index in [4.69, 9.17) is 11.6 Å². The predicted octanol–water partition coefficient (Wildman–Crippen LogP) is 4.88. The van der Waals surface area contributed by atoms with Gasteiger partial charge in [-0.15, -0.1) is 0 Å². The van der Waals surface area contributed by atoms with Crippen LogP contribution in [-0.4, -0.2) is 18.0 Å². The van der Waals surface area contributed by atoms with Crippen LogP contribution in [-0.2, 0) is 0 Å². The molecule has 3 amide bonds. The normalized spacial score (nSPS) is 14.4. The van der Waals surface area contributed by atoms with Gasteiger partial charge in [0.15, 0.2) is 0 Å². The van der Waals surface area contributed by atoms with Gasteiger partial charge in [0.1, 0.15) is 0 Å². The van der Waals surface area contributed by atoms with Crippen LogP contribution in [0.5, 0.6) is 0 Å². The molecule has 0 saturated heterocycles. The summed E-state index contributed by atoms with van der Waals surface area (Å²) in [6, 6.07) is 12.3. The Morgan fingerprint density at radius 3 is 2.65 bits per heavy atom. The number of halogens is 2. The maximum Gasteiger partial charge on any atom is 0.319 e. The van der Waals surface area contributed by atoms with E-state index in [0.717, 1.165) is 22.9 Å². The van der Waals surface area contributed by atoms with Gasteiger partial charge < -0.3 is 16.0 Å². The number of hydrogen-bond acceptors (Lipinski definition) is 2. The van der Waals surface area contributed by atoms with Gasteiger partial charge >= 0.3 is 6.03 Å². The fourth-order valence-corrected chi connectivity index (χ4v) is 3.11. The van der Waals surface area contributed by atoms with E-state index in [2.05, 4.69) is 31.9 Å². The standard InChI is InChI=1S/C19H19BrClN3O2/c1-11(12-3-2-4-13(20)9-12)22-19(26)24-15-7-8-17(21)16(10-15)18(25)23-14-5-6-14/h2-4,7-11,14H,5-6H2,1H3,(H,23,25)(H2,22,24,26). The Balaban J connectivity index is 1.64. The molecule has 0 spiro atoms. The highest BCUT2D eigenvalue weighted by molar-refractivity contribution is 9.10. The monoisotopic (exact) mass is 435 g/mol. The van der Waals surface area contributed by atoms with Crippen LogP contribution in [0.25, 0.3) is 0 Å². The molecule has 1 saturated carbocycles. The van der Waals surface area contributed by atoms with Crippen LogP contribution in [0, 0.1) is 0 Å². The number of nitrogens with one attached hydrogen (secondary N) is 3. The van der Waals surface area contributed by atoms with Gasteiger partial charge in [-0.05, 0) is 55.7 Å². The summed E-state index contributed by atoms with van der Waals surface area (Å²) in [4.78, 5) is 24.5. The van der Waals surface area contributed by atoms with E-state index in [9.17, 15) is 9.59 Å². The quantitative estimate of drug-likeness (QED) is 0.625. The molecular weight excluding hydrogens is 418 g/mol. The van der Waals surface area contributed by atoms with Crippen LogP contribution in [0.3, 0.4) is 0 Å². The second kappa shape index (κ2) is 8.10. The molecule has 1 unspecified atom stereocenters. The molecule has 0 bridgehead atoms. The van der Waals surface area contributed by atoms with E-state index >= 15 is 0 Å². The van der Waals surface area contributed by atoms with Crippen LogP contribution < -0.4 is 16.0 Å². The molecule has 1 fully saturated rings. The molecule has 0 radical (unpaired) electrons. The highest BCUT2D eigenvalue weighted by Crippen LogP contribution is 2.24. The largest absolute Gasteiger partial charge is 0.349 e. The first-order valence-electron chi connectivity index (χ1n) is 8.36. The van der Waals surface area contributed by atoms with Crippen molar-refractivity contribution in [3.05, 3.63) is 63.1 Å². The molecule has 0 aromatic heterocycles. The summed E-state index contributed by atoms with van der Waals surface area (Å²) < 4.78 is 0.952. The second-order valence-electron chi connectivity index (χ2n) is 6.32. The molecule has 3 rings (SSSR count). The van der Waals surface area contributed by atoms with E-state index in [-0.39, 0.29) is 24.0 Å². The maximum absolute atomic E-state index is 12.3. The summed E-state index contributed by atoms with van der Waals surface area (Å²) in [5.41, 5.74) is 1.85. The van der Waals surface area contributed by atoms with Crippen LogP contribution in [0.2, 0.25) is 5.02 Å². The van der Waals surface area contributed by atoms with Crippen LogP contribution in [0.1, 0.15) is 41.7 Å². The van der Waals surface area contributed by atoms with E-state index in [0.29, 0.717) is 16.3 Å². The Labute approximate surface area is 165 Å². The zero-order valence-corrected chi connectivity index (χ0v) is 16.5. The Hall–Kier alpha value is -2.05. The summed E-state index contributed by atoms with van der Waals surface area (Å²) in [6.45, 7) is 1.90. The van der Waals surface area contributed by atoms with Crippen molar-refractivity contribution in [2.24, 2.45) is 0 Å². The van der Waals surface area contributed by atoms with E-state index in [1.165, 1.54) is 0 Å². The van der Waals surface area contributed by atoms with Gasteiger partial charge in [-0.1, -0.05) is 39.7 Å². The average Bonchev–Trinajstić information content (AvgIpc) is 3.40. The van der Waals surface area contributed by atoms with Crippen molar-refractivity contribution in [1.82, 2.24) is 10.6 Å². The number of urea groups is 1. The summed E-state index contributed by atoms with van der Waals surface area (Å²) in [6.07, 6.45) is 1.99. The maximum atomic E-state index is 12.3. The number of anilines is 1. The fourth-order valence-electron chi connectivity index (χ4n) is 2.49. The predicted molar refractivity (Wildman–Crippen MR) is 107 cm³/mol. The zero-order valence-electron chi connectivity index (χ0n) is 14.2. The van der Waals surface area contributed by atoms with E-state index in [1.807, 2.05) is 31.2 Å². The number of hydrogen-bond donors (Lipinski definition) is 3. The molecule has 136 valence electrons. The van der Waals surface area contributed by atoms with Crippen molar-refractivity contribution in [1.29, 1.82) is 0 Å². The van der Waals surface area contributed by atoms with Crippen LogP contribution in [0.15, 0.2) is 46.9 Å². The number of amides is 3. The molecule has 2 aromatic carbocycles. The first-order valence-corrected chi connectivity index (χ1v) is 9.53. The average molecular weight is 437 g/mol. The van der Waals surface area contributed by atoms with E-state index < -0.39 is 0 Å². The number of carbonyl (C=O) groups excluding carboxylic acids is 2. The van der Waals surface area contributed by atoms with E-state index in [1.54, 1.807) is 18.2 Å². The summed E-state index contributed by atoms with van der Waals surface area (Å²) >= 11 is 9.54. The van der Waals surface area contributed by atoms with Crippen LogP contribution >= 0.6 is 27.5 Å². The molecule has 0 aliphatic heterocycles. The van der Waals surface area contributed by atoms with Gasteiger partial charge in [-0.25, -0.2) is 4.79 Å². The lowest BCUT2D eigenvalue weighted by Gasteiger charge is -2.16. The minimum Gasteiger partial charge on any atom is -0.349 e. The van der Waals surface area contributed by atoms with Crippen molar-refractivity contribution in [2.75, 3.05) is 5.32 Å². The minimum atomic E-state index is -0.353. The SMILES string of the molecule is CC(NC(=O)Nc1ccc(Cl)c(C(=O)NC2CC2)c1)c1cccc(Br)c1. The molecule has 5 nitrogen and oxygen atoms in total. The van der Waals surface area contributed by atoms with Gasteiger partial charge in [-0.2, -0.15) is 0 Å². The van der Waals surface area contributed by atoms with Gasteiger partial charge in [0, 0.05) is 16.2 Å². The molecule has 7 heteroatoms. The Bertz CT molecular complexity index is 839. The number of rotatable bonds is 5. The number of benzene rings is 2. The Kier molecular flexibility index (Phi) is 5.84. The van der Waals surface area contributed by atoms with Crippen molar-refractivity contribution < 1.29 is 9.59 Å². The lowest BCUT2D eigenvalue weighted by molar-refractivity contribution is 0.0951. The third-order valence-corrected chi connectivity index (χ3v) is 4.90. The summed E-state index contributed by atoms with van der Waals surface area (Å²) in [5.74, 6) is -0.218. The van der Waals surface area contributed by atoms with Crippen molar-refractivity contribution in [2.45, 2.75) is 31.8 Å². The molecule has 1 aliphatic carbocycles. The number of carbonyl (C=O) groups is 2. The minimum absolute atomic E-state index is 0.169. The molecule has 1 atom stereocenters. The van der Waals surface area contributed by atoms with Crippen molar-refractivity contribution in [3.63, 3.8) is 0 Å². The van der Waals surface area contributed by atoms with Crippen molar-refractivity contribution in [3.8, 4) is 0 Å². The Morgan fingerprint density at radius 1 is 1.19 bits per heavy atom. The fraction of sp³-hybridized carbons (Fsp3) is 0.263. The van der Waals surface area contributed by atoms with Gasteiger partial charge in [0.25, 0.3) is 5.91 Å². The van der Waals surface area contributed by atoms with Crippen LogP contribution in [0.4, 0.5) is 10.5 Å². The van der Waals surface area contributed by atoms with Gasteiger partial charge in [0.05, 0.1) is 16.6 Å². The van der Waals surface area contributed by atoms with Gasteiger partial charge in [-0.3, -0.25) is 4.79 Å². The molecule has 3 N–H and O–H groups in total. The Morgan fingerprint density at radius 2 is 1.96 bits per heavy atom. The highest BCUT2D eigenvalue weighted by Gasteiger charge is 2.25. The second-order valence-corrected chi connectivity index (χ2v) is 7.64. The molecule has 2 aromatic rings. The summed E-state index contributed by atoms with van der Waals surface area (Å²) in [7, 11) is 0. The molecular formula is C19H19BrClN3O2. The zero-order chi connectivity index (χ0) is 18.7. The lowest BCUT2D eigenvalue weighted by Crippen LogP contribution is -2.31. The first-order chi connectivity index (χ1) is 12.4. The topological polar surface area (TPSA) is 70.2 Å². The molecule has 1 aliphatic rings. The third-order valence-electron chi connectivity index (χ3n) is 4.08. The summed E-state index contributed by atoms with van der Waals surface area (Å²) in [5, 5.41) is 8.87. The van der Waals surface area contributed by atoms with Gasteiger partial charge in [0.2, 0.25) is 0 Å². The molecule has 26 heavy (non-hydrogen) atoms. The van der Waals surface area contributed by atoms with Crippen molar-refractivity contribution >= 4 is 45.2 Å². The highest BCUT2D eigenvalue weighted by atomic mass is 79.9. The lowest BCUT2D eigenvalue weighted by atomic mass is 10.1. The third kappa shape index (κ3) is 4.99. The molecule has 0 heterocycles. The first kappa shape index (κ1) is 18.7.